The molecule has 0 aliphatic carbocycles. The summed E-state index contributed by atoms with van der Waals surface area (Å²) in [5, 5.41) is 4.30. The van der Waals surface area contributed by atoms with Gasteiger partial charge < -0.3 is 10.1 Å². The number of nitrogens with one attached hydrogen (secondary N) is 1. The van der Waals surface area contributed by atoms with Crippen LogP contribution in [0.5, 0.6) is 0 Å². The number of aromatic nitrogens is 3. The van der Waals surface area contributed by atoms with Crippen LogP contribution in [0.1, 0.15) is 17.3 Å². The lowest BCUT2D eigenvalue weighted by molar-refractivity contribution is 0.0526. The molecule has 25 heavy (non-hydrogen) atoms. The molecule has 4 aromatic rings. The standard InChI is InChI=1S/C18H14N4O2S/c1-2-24-18(23)11-5-7-12(8-6-11)22-16-15-14(20-10-21-16)13-4-3-9-19-17(13)25-15/h3-10H,2H2,1H3,(H,20,21,22). The molecular weight excluding hydrogens is 336 g/mol. The monoisotopic (exact) mass is 350 g/mol. The van der Waals surface area contributed by atoms with Crippen LogP contribution in [0.2, 0.25) is 0 Å². The summed E-state index contributed by atoms with van der Waals surface area (Å²) in [6, 6.07) is 11.0. The molecule has 0 radical (unpaired) electrons. The van der Waals surface area contributed by atoms with Crippen LogP contribution in [-0.2, 0) is 4.74 Å². The number of hydrogen-bond acceptors (Lipinski definition) is 7. The van der Waals surface area contributed by atoms with Crippen molar-refractivity contribution >= 4 is 49.2 Å². The van der Waals surface area contributed by atoms with E-state index in [4.69, 9.17) is 4.74 Å². The predicted molar refractivity (Wildman–Crippen MR) is 98.4 cm³/mol. The summed E-state index contributed by atoms with van der Waals surface area (Å²) < 4.78 is 5.94. The Hall–Kier alpha value is -3.06. The van der Waals surface area contributed by atoms with Gasteiger partial charge in [-0.25, -0.2) is 19.7 Å². The molecule has 0 unspecified atom stereocenters. The van der Waals surface area contributed by atoms with E-state index in [1.54, 1.807) is 36.6 Å². The molecule has 1 N–H and O–H groups in total. The van der Waals surface area contributed by atoms with Gasteiger partial charge in [0.15, 0.2) is 5.82 Å². The highest BCUT2D eigenvalue weighted by atomic mass is 32.1. The van der Waals surface area contributed by atoms with Crippen molar-refractivity contribution in [2.45, 2.75) is 6.92 Å². The van der Waals surface area contributed by atoms with Gasteiger partial charge in [0.1, 0.15) is 11.2 Å². The maximum Gasteiger partial charge on any atom is 0.338 e. The summed E-state index contributed by atoms with van der Waals surface area (Å²) in [5.74, 6) is 0.394. The van der Waals surface area contributed by atoms with E-state index in [1.165, 1.54) is 6.33 Å². The van der Waals surface area contributed by atoms with Gasteiger partial charge in [-0.15, -0.1) is 11.3 Å². The lowest BCUT2D eigenvalue weighted by atomic mass is 10.2. The molecule has 124 valence electrons. The van der Waals surface area contributed by atoms with E-state index in [9.17, 15) is 4.79 Å². The number of carbonyl (C=O) groups is 1. The number of benzene rings is 1. The summed E-state index contributed by atoms with van der Waals surface area (Å²) in [4.78, 5) is 25.8. The minimum Gasteiger partial charge on any atom is -0.462 e. The Morgan fingerprint density at radius 1 is 1.16 bits per heavy atom. The summed E-state index contributed by atoms with van der Waals surface area (Å²) in [5.41, 5.74) is 2.23. The summed E-state index contributed by atoms with van der Waals surface area (Å²) in [7, 11) is 0. The average molecular weight is 350 g/mol. The molecular formula is C18H14N4O2S. The fraction of sp³-hybridized carbons (Fsp3) is 0.111. The second-order valence-electron chi connectivity index (χ2n) is 5.28. The Bertz CT molecular complexity index is 1060. The number of hydrogen-bond donors (Lipinski definition) is 1. The third kappa shape index (κ3) is 2.89. The smallest absolute Gasteiger partial charge is 0.338 e. The van der Waals surface area contributed by atoms with Gasteiger partial charge in [0.05, 0.1) is 22.4 Å². The lowest BCUT2D eigenvalue weighted by Gasteiger charge is -2.07. The molecule has 0 spiro atoms. The van der Waals surface area contributed by atoms with E-state index in [2.05, 4.69) is 20.3 Å². The lowest BCUT2D eigenvalue weighted by Crippen LogP contribution is -2.04. The normalized spacial score (nSPS) is 10.9. The van der Waals surface area contributed by atoms with E-state index in [-0.39, 0.29) is 5.97 Å². The molecule has 0 bridgehead atoms. The first-order valence-corrected chi connectivity index (χ1v) is 8.60. The van der Waals surface area contributed by atoms with Crippen molar-refractivity contribution < 1.29 is 9.53 Å². The molecule has 0 aliphatic rings. The van der Waals surface area contributed by atoms with Crippen LogP contribution in [0.15, 0.2) is 48.9 Å². The van der Waals surface area contributed by atoms with Gasteiger partial charge in [-0.2, -0.15) is 0 Å². The fourth-order valence-electron chi connectivity index (χ4n) is 2.54. The van der Waals surface area contributed by atoms with Gasteiger partial charge in [-0.1, -0.05) is 0 Å². The fourth-order valence-corrected chi connectivity index (χ4v) is 3.58. The van der Waals surface area contributed by atoms with Crippen molar-refractivity contribution in [3.8, 4) is 0 Å². The SMILES string of the molecule is CCOC(=O)c1ccc(Nc2ncnc3c2sc2ncccc23)cc1. The molecule has 3 aromatic heterocycles. The molecule has 7 heteroatoms. The number of pyridine rings is 1. The van der Waals surface area contributed by atoms with Crippen molar-refractivity contribution in [1.82, 2.24) is 15.0 Å². The molecule has 3 heterocycles. The summed E-state index contributed by atoms with van der Waals surface area (Å²) >= 11 is 1.55. The van der Waals surface area contributed by atoms with E-state index < -0.39 is 0 Å². The Labute approximate surface area is 147 Å². The van der Waals surface area contributed by atoms with Crippen LogP contribution < -0.4 is 5.32 Å². The molecule has 1 aromatic carbocycles. The highest BCUT2D eigenvalue weighted by Gasteiger charge is 2.12. The highest BCUT2D eigenvalue weighted by molar-refractivity contribution is 7.25. The maximum atomic E-state index is 11.7. The van der Waals surface area contributed by atoms with Gasteiger partial charge in [0, 0.05) is 17.3 Å². The van der Waals surface area contributed by atoms with Crippen molar-refractivity contribution in [3.05, 3.63) is 54.5 Å². The first-order valence-electron chi connectivity index (χ1n) is 7.78. The van der Waals surface area contributed by atoms with Crippen LogP contribution in [-0.4, -0.2) is 27.5 Å². The quantitative estimate of drug-likeness (QED) is 0.557. The number of thiophene rings is 1. The van der Waals surface area contributed by atoms with Gasteiger partial charge >= 0.3 is 5.97 Å². The summed E-state index contributed by atoms with van der Waals surface area (Å²) in [6.07, 6.45) is 3.31. The van der Waals surface area contributed by atoms with Crippen LogP contribution in [0, 0.1) is 0 Å². The number of carbonyl (C=O) groups excluding carboxylic acids is 1. The topological polar surface area (TPSA) is 77.0 Å². The van der Waals surface area contributed by atoms with Gasteiger partial charge in [-0.05, 0) is 43.3 Å². The van der Waals surface area contributed by atoms with E-state index in [0.717, 1.165) is 31.9 Å². The zero-order valence-corrected chi connectivity index (χ0v) is 14.2. The van der Waals surface area contributed by atoms with Crippen LogP contribution in [0.4, 0.5) is 11.5 Å². The first-order chi connectivity index (χ1) is 12.3. The zero-order valence-electron chi connectivity index (χ0n) is 13.4. The second kappa shape index (κ2) is 6.45. The number of rotatable bonds is 4. The summed E-state index contributed by atoms with van der Waals surface area (Å²) in [6.45, 7) is 2.14. The predicted octanol–water partition coefficient (Wildman–Crippen LogP) is 4.16. The number of nitrogens with zero attached hydrogens (tertiary/aromatic N) is 3. The highest BCUT2D eigenvalue weighted by Crippen LogP contribution is 2.35. The van der Waals surface area contributed by atoms with E-state index >= 15 is 0 Å². The van der Waals surface area contributed by atoms with Gasteiger partial charge in [0.25, 0.3) is 0 Å². The molecule has 0 aliphatic heterocycles. The van der Waals surface area contributed by atoms with Crippen molar-refractivity contribution in [2.24, 2.45) is 0 Å². The van der Waals surface area contributed by atoms with Crippen LogP contribution in [0.25, 0.3) is 20.4 Å². The molecule has 6 nitrogen and oxygen atoms in total. The molecule has 0 fully saturated rings. The third-order valence-electron chi connectivity index (χ3n) is 3.69. The molecule has 0 saturated heterocycles. The van der Waals surface area contributed by atoms with Gasteiger partial charge in [0.2, 0.25) is 0 Å². The molecule has 0 saturated carbocycles. The molecule has 0 atom stereocenters. The van der Waals surface area contributed by atoms with E-state index in [1.807, 2.05) is 24.3 Å². The zero-order chi connectivity index (χ0) is 17.2. The Balaban J connectivity index is 1.68. The Kier molecular flexibility index (Phi) is 3.99. The second-order valence-corrected chi connectivity index (χ2v) is 6.28. The number of anilines is 2. The molecule has 0 amide bonds. The minimum atomic E-state index is -0.325. The number of ether oxygens (including phenoxy) is 1. The van der Waals surface area contributed by atoms with Crippen molar-refractivity contribution in [2.75, 3.05) is 11.9 Å². The van der Waals surface area contributed by atoms with E-state index in [0.29, 0.717) is 12.2 Å². The largest absolute Gasteiger partial charge is 0.462 e. The van der Waals surface area contributed by atoms with Crippen LogP contribution >= 0.6 is 11.3 Å². The van der Waals surface area contributed by atoms with Crippen molar-refractivity contribution in [3.63, 3.8) is 0 Å². The number of fused-ring (bicyclic) bond motifs is 3. The Morgan fingerprint density at radius 3 is 2.80 bits per heavy atom. The third-order valence-corrected chi connectivity index (χ3v) is 4.80. The van der Waals surface area contributed by atoms with Crippen LogP contribution in [0.3, 0.4) is 0 Å². The Morgan fingerprint density at radius 2 is 2.00 bits per heavy atom. The first kappa shape index (κ1) is 15.5. The maximum absolute atomic E-state index is 11.7. The van der Waals surface area contributed by atoms with Gasteiger partial charge in [-0.3, -0.25) is 0 Å². The molecule has 4 rings (SSSR count). The van der Waals surface area contributed by atoms with Crippen molar-refractivity contribution in [1.29, 1.82) is 0 Å². The minimum absolute atomic E-state index is 0.325. The average Bonchev–Trinajstić information content (AvgIpc) is 3.02. The number of esters is 1.